The molecule has 0 aliphatic heterocycles. The molecule has 1 nitrogen and oxygen atoms in total. The number of rotatable bonds is 5. The first-order valence-corrected chi connectivity index (χ1v) is 6.80. The number of anilines is 1. The second-order valence-corrected chi connectivity index (χ2v) is 4.86. The van der Waals surface area contributed by atoms with Gasteiger partial charge in [0.15, 0.2) is 0 Å². The fourth-order valence-corrected chi connectivity index (χ4v) is 2.14. The SMILES string of the molecule is CCCc1ccc(C(C)Nc2ccc(F)cc2)cc1. The quantitative estimate of drug-likeness (QED) is 0.799. The van der Waals surface area contributed by atoms with Gasteiger partial charge in [-0.15, -0.1) is 0 Å². The topological polar surface area (TPSA) is 12.0 Å². The highest BCUT2D eigenvalue weighted by molar-refractivity contribution is 5.45. The first kappa shape index (κ1) is 13.6. The summed E-state index contributed by atoms with van der Waals surface area (Å²) in [4.78, 5) is 0. The van der Waals surface area contributed by atoms with Gasteiger partial charge in [-0.05, 0) is 48.7 Å². The van der Waals surface area contributed by atoms with E-state index in [4.69, 9.17) is 0 Å². The van der Waals surface area contributed by atoms with Gasteiger partial charge < -0.3 is 5.32 Å². The molecule has 0 radical (unpaired) electrons. The van der Waals surface area contributed by atoms with Gasteiger partial charge in [0.25, 0.3) is 0 Å². The molecule has 19 heavy (non-hydrogen) atoms. The van der Waals surface area contributed by atoms with Gasteiger partial charge >= 0.3 is 0 Å². The van der Waals surface area contributed by atoms with Crippen LogP contribution in [0.2, 0.25) is 0 Å². The Kier molecular flexibility index (Phi) is 4.56. The van der Waals surface area contributed by atoms with E-state index in [0.29, 0.717) is 0 Å². The zero-order chi connectivity index (χ0) is 13.7. The van der Waals surface area contributed by atoms with E-state index in [1.54, 1.807) is 12.1 Å². The minimum absolute atomic E-state index is 0.206. The van der Waals surface area contributed by atoms with Crippen LogP contribution in [0.4, 0.5) is 10.1 Å². The molecule has 2 aromatic carbocycles. The van der Waals surface area contributed by atoms with Crippen molar-refractivity contribution in [2.24, 2.45) is 0 Å². The van der Waals surface area contributed by atoms with Crippen LogP contribution in [0.15, 0.2) is 48.5 Å². The molecule has 0 saturated carbocycles. The van der Waals surface area contributed by atoms with E-state index >= 15 is 0 Å². The van der Waals surface area contributed by atoms with E-state index in [0.717, 1.165) is 12.1 Å². The van der Waals surface area contributed by atoms with E-state index in [1.165, 1.54) is 29.7 Å². The summed E-state index contributed by atoms with van der Waals surface area (Å²) in [5.74, 6) is -0.206. The lowest BCUT2D eigenvalue weighted by atomic mass is 10.0. The molecule has 1 N–H and O–H groups in total. The van der Waals surface area contributed by atoms with E-state index in [9.17, 15) is 4.39 Å². The van der Waals surface area contributed by atoms with Crippen LogP contribution in [0.25, 0.3) is 0 Å². The molecule has 0 fully saturated rings. The molecule has 0 aliphatic rings. The molecule has 0 saturated heterocycles. The van der Waals surface area contributed by atoms with Gasteiger partial charge in [-0.25, -0.2) is 4.39 Å². The zero-order valence-electron chi connectivity index (χ0n) is 11.5. The lowest BCUT2D eigenvalue weighted by Gasteiger charge is -2.16. The average Bonchev–Trinajstić information content (AvgIpc) is 2.42. The summed E-state index contributed by atoms with van der Waals surface area (Å²) < 4.78 is 12.8. The maximum Gasteiger partial charge on any atom is 0.123 e. The third-order valence-electron chi connectivity index (χ3n) is 3.25. The van der Waals surface area contributed by atoms with Gasteiger partial charge in [0.05, 0.1) is 0 Å². The average molecular weight is 257 g/mol. The van der Waals surface area contributed by atoms with Crippen molar-refractivity contribution in [3.05, 3.63) is 65.5 Å². The van der Waals surface area contributed by atoms with E-state index < -0.39 is 0 Å². The van der Waals surface area contributed by atoms with Crippen molar-refractivity contribution in [2.45, 2.75) is 32.7 Å². The minimum Gasteiger partial charge on any atom is -0.379 e. The zero-order valence-corrected chi connectivity index (χ0v) is 11.5. The van der Waals surface area contributed by atoms with Crippen LogP contribution in [0.1, 0.15) is 37.4 Å². The van der Waals surface area contributed by atoms with Gasteiger partial charge in [-0.1, -0.05) is 37.6 Å². The summed E-state index contributed by atoms with van der Waals surface area (Å²) in [6, 6.07) is 15.4. The Morgan fingerprint density at radius 2 is 1.63 bits per heavy atom. The number of aryl methyl sites for hydroxylation is 1. The summed E-state index contributed by atoms with van der Waals surface area (Å²) in [6.45, 7) is 4.30. The van der Waals surface area contributed by atoms with E-state index in [-0.39, 0.29) is 11.9 Å². The standard InChI is InChI=1S/C17H20FN/c1-3-4-14-5-7-15(8-6-14)13(2)19-17-11-9-16(18)10-12-17/h5-13,19H,3-4H2,1-2H3. The van der Waals surface area contributed by atoms with Gasteiger partial charge in [0.1, 0.15) is 5.82 Å². The lowest BCUT2D eigenvalue weighted by Crippen LogP contribution is -2.06. The highest BCUT2D eigenvalue weighted by Crippen LogP contribution is 2.20. The minimum atomic E-state index is -0.206. The van der Waals surface area contributed by atoms with Crippen molar-refractivity contribution >= 4 is 5.69 Å². The summed E-state index contributed by atoms with van der Waals surface area (Å²) in [5, 5.41) is 3.37. The summed E-state index contributed by atoms with van der Waals surface area (Å²) in [7, 11) is 0. The summed E-state index contributed by atoms with van der Waals surface area (Å²) >= 11 is 0. The van der Waals surface area contributed by atoms with Crippen LogP contribution < -0.4 is 5.32 Å². The van der Waals surface area contributed by atoms with Crippen LogP contribution >= 0.6 is 0 Å². The molecule has 0 heterocycles. The summed E-state index contributed by atoms with van der Waals surface area (Å²) in [6.07, 6.45) is 2.29. The first-order valence-electron chi connectivity index (χ1n) is 6.80. The Balaban J connectivity index is 2.02. The largest absolute Gasteiger partial charge is 0.379 e. The van der Waals surface area contributed by atoms with Crippen LogP contribution in [0, 0.1) is 5.82 Å². The predicted octanol–water partition coefficient (Wildman–Crippen LogP) is 4.95. The van der Waals surface area contributed by atoms with Gasteiger partial charge in [0.2, 0.25) is 0 Å². The number of halogens is 1. The molecule has 0 bridgehead atoms. The van der Waals surface area contributed by atoms with E-state index in [1.807, 2.05) is 0 Å². The van der Waals surface area contributed by atoms with Gasteiger partial charge in [-0.3, -0.25) is 0 Å². The Hall–Kier alpha value is -1.83. The van der Waals surface area contributed by atoms with Crippen molar-refractivity contribution < 1.29 is 4.39 Å². The second-order valence-electron chi connectivity index (χ2n) is 4.86. The van der Waals surface area contributed by atoms with Crippen molar-refractivity contribution in [3.8, 4) is 0 Å². The molecule has 100 valence electrons. The molecule has 2 aromatic rings. The normalized spacial score (nSPS) is 12.2. The molecule has 2 heteroatoms. The van der Waals surface area contributed by atoms with Gasteiger partial charge in [0, 0.05) is 11.7 Å². The third-order valence-corrected chi connectivity index (χ3v) is 3.25. The van der Waals surface area contributed by atoms with E-state index in [2.05, 4.69) is 43.4 Å². The van der Waals surface area contributed by atoms with Crippen molar-refractivity contribution in [1.29, 1.82) is 0 Å². The molecule has 0 aromatic heterocycles. The molecule has 0 aliphatic carbocycles. The Morgan fingerprint density at radius 3 is 2.21 bits per heavy atom. The predicted molar refractivity (Wildman–Crippen MR) is 78.9 cm³/mol. The fourth-order valence-electron chi connectivity index (χ4n) is 2.14. The Morgan fingerprint density at radius 1 is 1.00 bits per heavy atom. The van der Waals surface area contributed by atoms with Crippen molar-refractivity contribution in [1.82, 2.24) is 0 Å². The van der Waals surface area contributed by atoms with Crippen molar-refractivity contribution in [2.75, 3.05) is 5.32 Å². The highest BCUT2D eigenvalue weighted by Gasteiger charge is 2.05. The molecule has 2 rings (SSSR count). The first-order chi connectivity index (χ1) is 9.19. The second kappa shape index (κ2) is 6.37. The van der Waals surface area contributed by atoms with Crippen LogP contribution in [-0.2, 0) is 6.42 Å². The lowest BCUT2D eigenvalue weighted by molar-refractivity contribution is 0.628. The maximum absolute atomic E-state index is 12.8. The smallest absolute Gasteiger partial charge is 0.123 e. The highest BCUT2D eigenvalue weighted by atomic mass is 19.1. The van der Waals surface area contributed by atoms with Gasteiger partial charge in [-0.2, -0.15) is 0 Å². The molecule has 1 atom stereocenters. The summed E-state index contributed by atoms with van der Waals surface area (Å²) in [5.41, 5.74) is 3.55. The molecule has 0 spiro atoms. The Labute approximate surface area is 114 Å². The molecular formula is C17H20FN. The molecular weight excluding hydrogens is 237 g/mol. The maximum atomic E-state index is 12.8. The number of nitrogens with one attached hydrogen (secondary N) is 1. The number of hydrogen-bond donors (Lipinski definition) is 1. The fraction of sp³-hybridized carbons (Fsp3) is 0.294. The van der Waals surface area contributed by atoms with Crippen LogP contribution in [0.3, 0.4) is 0 Å². The third kappa shape index (κ3) is 3.82. The number of hydrogen-bond acceptors (Lipinski definition) is 1. The molecule has 1 unspecified atom stereocenters. The van der Waals surface area contributed by atoms with Crippen molar-refractivity contribution in [3.63, 3.8) is 0 Å². The monoisotopic (exact) mass is 257 g/mol. The van der Waals surface area contributed by atoms with Crippen LogP contribution in [0.5, 0.6) is 0 Å². The Bertz CT molecular complexity index is 502. The molecule has 0 amide bonds. The van der Waals surface area contributed by atoms with Crippen LogP contribution in [-0.4, -0.2) is 0 Å². The number of benzene rings is 2.